The Balaban J connectivity index is 1.42. The highest BCUT2D eigenvalue weighted by Crippen LogP contribution is 2.39. The Bertz CT molecular complexity index is 1630. The topological polar surface area (TPSA) is 124 Å². The van der Waals surface area contributed by atoms with Crippen molar-refractivity contribution in [1.82, 2.24) is 4.31 Å². The van der Waals surface area contributed by atoms with Crippen molar-refractivity contribution >= 4 is 21.7 Å². The molecule has 272 valence electrons. The molecule has 3 aromatic carbocycles. The first-order chi connectivity index (χ1) is 24.2. The van der Waals surface area contributed by atoms with Gasteiger partial charge in [0.25, 0.3) is 0 Å². The highest BCUT2D eigenvalue weighted by atomic mass is 32.2. The van der Waals surface area contributed by atoms with E-state index in [2.05, 4.69) is 11.0 Å². The fourth-order valence-corrected chi connectivity index (χ4v) is 8.34. The number of aliphatic carboxylic acids is 1. The van der Waals surface area contributed by atoms with E-state index in [1.54, 1.807) is 38.5 Å². The van der Waals surface area contributed by atoms with E-state index >= 15 is 0 Å². The average molecular weight is 711 g/mol. The van der Waals surface area contributed by atoms with Gasteiger partial charge >= 0.3 is 5.97 Å². The van der Waals surface area contributed by atoms with Gasteiger partial charge < -0.3 is 33.7 Å². The first kappa shape index (κ1) is 37.7. The lowest BCUT2D eigenvalue weighted by molar-refractivity contribution is -0.137. The Morgan fingerprint density at radius 3 is 2.40 bits per heavy atom. The summed E-state index contributed by atoms with van der Waals surface area (Å²) in [5, 5.41) is 9.59. The van der Waals surface area contributed by atoms with Gasteiger partial charge in [-0.05, 0) is 67.1 Å². The predicted molar refractivity (Wildman–Crippen MR) is 190 cm³/mol. The Labute approximate surface area is 296 Å². The van der Waals surface area contributed by atoms with E-state index in [1.165, 1.54) is 4.31 Å². The number of carboxylic acids is 1. The molecule has 0 amide bonds. The van der Waals surface area contributed by atoms with Gasteiger partial charge in [0.05, 0.1) is 49.7 Å². The summed E-state index contributed by atoms with van der Waals surface area (Å²) in [6.45, 7) is 6.64. The van der Waals surface area contributed by atoms with E-state index in [1.807, 2.05) is 43.3 Å². The summed E-state index contributed by atoms with van der Waals surface area (Å²) >= 11 is 0. The molecule has 0 bridgehead atoms. The summed E-state index contributed by atoms with van der Waals surface area (Å²) < 4.78 is 58.5. The molecule has 1 saturated heterocycles. The molecule has 2 aliphatic heterocycles. The summed E-state index contributed by atoms with van der Waals surface area (Å²) in [5.74, 6) is -0.304. The van der Waals surface area contributed by atoms with Gasteiger partial charge in [-0.2, -0.15) is 4.31 Å². The average Bonchev–Trinajstić information content (AvgIpc) is 3.12. The highest BCUT2D eigenvalue weighted by Gasteiger charge is 2.43. The minimum absolute atomic E-state index is 0.0875. The van der Waals surface area contributed by atoms with Gasteiger partial charge in [-0.25, -0.2) is 8.42 Å². The van der Waals surface area contributed by atoms with Crippen molar-refractivity contribution in [2.24, 2.45) is 0 Å². The third kappa shape index (κ3) is 9.83. The zero-order valence-corrected chi connectivity index (χ0v) is 30.1. The molecule has 11 nitrogen and oxygen atoms in total. The van der Waals surface area contributed by atoms with E-state index in [9.17, 15) is 18.3 Å². The lowest BCUT2D eigenvalue weighted by atomic mass is 9.82. The van der Waals surface area contributed by atoms with Crippen molar-refractivity contribution < 1.29 is 42.0 Å². The molecule has 2 heterocycles. The van der Waals surface area contributed by atoms with Crippen molar-refractivity contribution in [3.63, 3.8) is 0 Å². The van der Waals surface area contributed by atoms with Crippen LogP contribution in [0.4, 0.5) is 5.69 Å². The van der Waals surface area contributed by atoms with Gasteiger partial charge in [0.1, 0.15) is 12.4 Å². The number of ether oxygens (including phenoxy) is 5. The summed E-state index contributed by atoms with van der Waals surface area (Å²) in [5.41, 5.74) is 4.93. The van der Waals surface area contributed by atoms with E-state index in [-0.39, 0.29) is 36.8 Å². The molecule has 12 heteroatoms. The third-order valence-electron chi connectivity index (χ3n) is 9.39. The second kappa shape index (κ2) is 18.1. The number of piperidine rings is 1. The smallest absolute Gasteiger partial charge is 0.303 e. The molecule has 5 rings (SSSR count). The molecule has 0 aliphatic carbocycles. The summed E-state index contributed by atoms with van der Waals surface area (Å²) in [6, 6.07) is 20.4. The van der Waals surface area contributed by atoms with Crippen LogP contribution in [0.2, 0.25) is 0 Å². The molecule has 3 atom stereocenters. The number of methoxy groups -OCH3 is 2. The van der Waals surface area contributed by atoms with Crippen LogP contribution in [-0.4, -0.2) is 96.2 Å². The summed E-state index contributed by atoms with van der Waals surface area (Å²) in [4.78, 5) is 14.2. The van der Waals surface area contributed by atoms with Crippen LogP contribution in [0.1, 0.15) is 53.9 Å². The van der Waals surface area contributed by atoms with E-state index in [0.29, 0.717) is 39.5 Å². The molecule has 0 radical (unpaired) electrons. The van der Waals surface area contributed by atoms with Gasteiger partial charge in [0.2, 0.25) is 10.0 Å². The van der Waals surface area contributed by atoms with Gasteiger partial charge in [-0.3, -0.25) is 4.79 Å². The van der Waals surface area contributed by atoms with Crippen LogP contribution in [-0.2, 0) is 47.0 Å². The lowest BCUT2D eigenvalue weighted by Crippen LogP contribution is -2.52. The van der Waals surface area contributed by atoms with Gasteiger partial charge in [-0.15, -0.1) is 0 Å². The Morgan fingerprint density at radius 2 is 1.68 bits per heavy atom. The fourth-order valence-electron chi connectivity index (χ4n) is 6.66. The molecule has 0 spiro atoms. The van der Waals surface area contributed by atoms with E-state index in [4.69, 9.17) is 23.7 Å². The second-order valence-electron chi connectivity index (χ2n) is 12.9. The number of rotatable bonds is 18. The normalized spacial score (nSPS) is 19.6. The quantitative estimate of drug-likeness (QED) is 0.172. The fraction of sp³-hybridized carbons (Fsp3) is 0.500. The SMILES string of the molecule is COCCCN1CCOc2ccc(CO[C@H]3CN(S(=O)(=O)c4ccc(C)cc4)[C@@H](CCC(=O)O)C[C@@H]3c3ccc(COCCOC)cc3)cc21. The van der Waals surface area contributed by atoms with Crippen LogP contribution in [0.5, 0.6) is 5.75 Å². The van der Waals surface area contributed by atoms with Gasteiger partial charge in [0, 0.05) is 52.3 Å². The Hall–Kier alpha value is -3.52. The standard InChI is InChI=1S/C38H50N2O9S/c1-28-5-13-33(14-6-28)50(43,44)40-25-37(49-27-30-9-15-36-35(23-30)39(18-20-48-36)17-4-19-45-2)34(24-32(40)12-16-38(41)42)31-10-7-29(8-11-31)26-47-22-21-46-3/h5-11,13-15,23,32,34,37H,4,12,16-22,24-27H2,1-3H3,(H,41,42)/t32-,34+,37-/m0/s1. The maximum atomic E-state index is 14.2. The molecule has 1 N–H and O–H groups in total. The number of hydrogen-bond acceptors (Lipinski definition) is 9. The largest absolute Gasteiger partial charge is 0.490 e. The molecular weight excluding hydrogens is 660 g/mol. The number of anilines is 1. The van der Waals surface area contributed by atoms with Crippen LogP contribution in [0.25, 0.3) is 0 Å². The number of carbonyl (C=O) groups is 1. The molecule has 0 unspecified atom stereocenters. The number of sulfonamides is 1. The molecule has 0 saturated carbocycles. The molecule has 0 aromatic heterocycles. The maximum absolute atomic E-state index is 14.2. The molecular formula is C38H50N2O9S. The zero-order chi connectivity index (χ0) is 35.5. The number of aryl methyl sites for hydroxylation is 1. The first-order valence-corrected chi connectivity index (χ1v) is 18.7. The van der Waals surface area contributed by atoms with Gasteiger partial charge in [-0.1, -0.05) is 48.0 Å². The Morgan fingerprint density at radius 1 is 0.940 bits per heavy atom. The minimum atomic E-state index is -3.95. The third-order valence-corrected chi connectivity index (χ3v) is 11.3. The van der Waals surface area contributed by atoms with Crippen LogP contribution in [0.3, 0.4) is 0 Å². The van der Waals surface area contributed by atoms with Crippen molar-refractivity contribution in [3.05, 3.63) is 89.0 Å². The number of hydrogen-bond donors (Lipinski definition) is 1. The number of fused-ring (bicyclic) bond motifs is 1. The van der Waals surface area contributed by atoms with Crippen LogP contribution in [0, 0.1) is 6.92 Å². The second-order valence-corrected chi connectivity index (χ2v) is 14.8. The number of carboxylic acid groups (broad SMARTS) is 1. The summed E-state index contributed by atoms with van der Waals surface area (Å²) in [7, 11) is -0.609. The monoisotopic (exact) mass is 710 g/mol. The number of benzene rings is 3. The molecule has 1 fully saturated rings. The summed E-state index contributed by atoms with van der Waals surface area (Å²) in [6.07, 6.45) is 0.868. The molecule has 3 aromatic rings. The molecule has 50 heavy (non-hydrogen) atoms. The van der Waals surface area contributed by atoms with Crippen LogP contribution >= 0.6 is 0 Å². The van der Waals surface area contributed by atoms with Crippen molar-refractivity contribution in [1.29, 1.82) is 0 Å². The van der Waals surface area contributed by atoms with E-state index < -0.39 is 28.1 Å². The van der Waals surface area contributed by atoms with Gasteiger partial charge in [0.15, 0.2) is 0 Å². The highest BCUT2D eigenvalue weighted by molar-refractivity contribution is 7.89. The minimum Gasteiger partial charge on any atom is -0.490 e. The lowest BCUT2D eigenvalue weighted by Gasteiger charge is -2.43. The van der Waals surface area contributed by atoms with Crippen molar-refractivity contribution in [3.8, 4) is 5.75 Å². The first-order valence-electron chi connectivity index (χ1n) is 17.3. The molecule has 2 aliphatic rings. The Kier molecular flexibility index (Phi) is 13.7. The zero-order valence-electron chi connectivity index (χ0n) is 29.3. The number of nitrogens with zero attached hydrogens (tertiary/aromatic N) is 2. The predicted octanol–water partition coefficient (Wildman–Crippen LogP) is 5.39. The van der Waals surface area contributed by atoms with Crippen molar-refractivity contribution in [2.75, 3.05) is 65.2 Å². The van der Waals surface area contributed by atoms with Crippen molar-refractivity contribution in [2.45, 2.75) is 68.8 Å². The maximum Gasteiger partial charge on any atom is 0.303 e. The van der Waals surface area contributed by atoms with E-state index in [0.717, 1.165) is 53.2 Å². The van der Waals surface area contributed by atoms with Crippen LogP contribution in [0.15, 0.2) is 71.6 Å². The van der Waals surface area contributed by atoms with Crippen LogP contribution < -0.4 is 9.64 Å².